The standard InChI is InChI=1S/C11H24N2O6S/c1-4-5-10(11(14)15)12-20(16,17)13(6-8-18-2)7-9-19-3/h10,12H,4-9H2,1-3H3,(H,14,15). The van der Waals surface area contributed by atoms with Crippen molar-refractivity contribution < 1.29 is 27.8 Å². The van der Waals surface area contributed by atoms with Crippen molar-refractivity contribution in [1.82, 2.24) is 9.03 Å². The molecule has 0 aliphatic heterocycles. The number of hydrogen-bond acceptors (Lipinski definition) is 5. The molecule has 0 fully saturated rings. The Kier molecular flexibility index (Phi) is 9.68. The average molecular weight is 312 g/mol. The molecule has 0 saturated heterocycles. The summed E-state index contributed by atoms with van der Waals surface area (Å²) in [4.78, 5) is 11.0. The van der Waals surface area contributed by atoms with Crippen molar-refractivity contribution in [2.75, 3.05) is 40.5 Å². The number of carboxylic acid groups (broad SMARTS) is 1. The molecule has 0 aromatic heterocycles. The third kappa shape index (κ3) is 7.15. The molecule has 9 heteroatoms. The van der Waals surface area contributed by atoms with Gasteiger partial charge in [0.2, 0.25) is 0 Å². The SMILES string of the molecule is CCCC(NS(=O)(=O)N(CCOC)CCOC)C(=O)O. The summed E-state index contributed by atoms with van der Waals surface area (Å²) >= 11 is 0. The quantitative estimate of drug-likeness (QED) is 0.511. The van der Waals surface area contributed by atoms with Crippen molar-refractivity contribution >= 4 is 16.2 Å². The van der Waals surface area contributed by atoms with Crippen LogP contribution in [-0.4, -0.2) is 70.4 Å². The van der Waals surface area contributed by atoms with Crippen LogP contribution < -0.4 is 4.72 Å². The summed E-state index contributed by atoms with van der Waals surface area (Å²) in [6.07, 6.45) is 0.798. The maximum atomic E-state index is 12.2. The molecule has 0 radical (unpaired) electrons. The molecule has 0 aliphatic rings. The summed E-state index contributed by atoms with van der Waals surface area (Å²) in [5.41, 5.74) is 0. The zero-order chi connectivity index (χ0) is 15.6. The highest BCUT2D eigenvalue weighted by molar-refractivity contribution is 7.87. The molecule has 0 rings (SSSR count). The number of methoxy groups -OCH3 is 2. The highest BCUT2D eigenvalue weighted by atomic mass is 32.2. The van der Waals surface area contributed by atoms with E-state index in [1.165, 1.54) is 14.2 Å². The number of hydrogen-bond donors (Lipinski definition) is 2. The molecule has 0 heterocycles. The molecule has 20 heavy (non-hydrogen) atoms. The molecule has 0 aliphatic carbocycles. The van der Waals surface area contributed by atoms with E-state index in [0.29, 0.717) is 6.42 Å². The van der Waals surface area contributed by atoms with Gasteiger partial charge in [0.25, 0.3) is 10.2 Å². The molecule has 1 atom stereocenters. The van der Waals surface area contributed by atoms with Gasteiger partial charge < -0.3 is 14.6 Å². The van der Waals surface area contributed by atoms with E-state index in [1.807, 2.05) is 0 Å². The first-order chi connectivity index (χ1) is 9.38. The van der Waals surface area contributed by atoms with Gasteiger partial charge in [0.15, 0.2) is 0 Å². The second kappa shape index (κ2) is 10.1. The largest absolute Gasteiger partial charge is 0.480 e. The first-order valence-electron chi connectivity index (χ1n) is 6.37. The molecule has 0 amide bonds. The number of carboxylic acids is 1. The summed E-state index contributed by atoms with van der Waals surface area (Å²) in [7, 11) is -0.963. The van der Waals surface area contributed by atoms with Gasteiger partial charge in [0.1, 0.15) is 6.04 Å². The molecule has 0 saturated carbocycles. The lowest BCUT2D eigenvalue weighted by molar-refractivity contribution is -0.139. The van der Waals surface area contributed by atoms with Crippen molar-refractivity contribution in [1.29, 1.82) is 0 Å². The smallest absolute Gasteiger partial charge is 0.321 e. The van der Waals surface area contributed by atoms with Crippen LogP contribution >= 0.6 is 0 Å². The van der Waals surface area contributed by atoms with Crippen LogP contribution in [0.4, 0.5) is 0 Å². The zero-order valence-corrected chi connectivity index (χ0v) is 13.0. The second-order valence-corrected chi connectivity index (χ2v) is 5.89. The third-order valence-electron chi connectivity index (χ3n) is 2.60. The molecule has 2 N–H and O–H groups in total. The molecular weight excluding hydrogens is 288 g/mol. The van der Waals surface area contributed by atoms with Crippen LogP contribution in [0.5, 0.6) is 0 Å². The van der Waals surface area contributed by atoms with Crippen molar-refractivity contribution in [2.45, 2.75) is 25.8 Å². The maximum Gasteiger partial charge on any atom is 0.321 e. The van der Waals surface area contributed by atoms with Crippen molar-refractivity contribution in [2.24, 2.45) is 0 Å². The van der Waals surface area contributed by atoms with Gasteiger partial charge in [0.05, 0.1) is 13.2 Å². The Balaban J connectivity index is 4.84. The monoisotopic (exact) mass is 312 g/mol. The molecule has 0 aromatic carbocycles. The minimum Gasteiger partial charge on any atom is -0.480 e. The zero-order valence-electron chi connectivity index (χ0n) is 12.2. The lowest BCUT2D eigenvalue weighted by atomic mass is 10.2. The number of nitrogens with one attached hydrogen (secondary N) is 1. The minimum absolute atomic E-state index is 0.133. The van der Waals surface area contributed by atoms with E-state index in [4.69, 9.17) is 14.6 Å². The van der Waals surface area contributed by atoms with E-state index in [-0.39, 0.29) is 32.7 Å². The summed E-state index contributed by atoms with van der Waals surface area (Å²) < 4.78 is 37.4. The first-order valence-corrected chi connectivity index (χ1v) is 7.81. The van der Waals surface area contributed by atoms with Gasteiger partial charge in [-0.25, -0.2) is 0 Å². The van der Waals surface area contributed by atoms with Crippen LogP contribution in [0.2, 0.25) is 0 Å². The van der Waals surface area contributed by atoms with Gasteiger partial charge in [-0.15, -0.1) is 0 Å². The van der Waals surface area contributed by atoms with Gasteiger partial charge in [0, 0.05) is 27.3 Å². The Bertz CT molecular complexity index is 365. The van der Waals surface area contributed by atoms with E-state index in [1.54, 1.807) is 6.92 Å². The summed E-state index contributed by atoms with van der Waals surface area (Å²) in [5, 5.41) is 9.01. The number of rotatable bonds is 12. The normalized spacial score (nSPS) is 13.6. The van der Waals surface area contributed by atoms with E-state index in [2.05, 4.69) is 4.72 Å². The summed E-state index contributed by atoms with van der Waals surface area (Å²) in [6, 6.07) is -1.13. The predicted octanol–water partition coefficient (Wildman–Crippen LogP) is -0.331. The van der Waals surface area contributed by atoms with Gasteiger partial charge >= 0.3 is 5.97 Å². The lowest BCUT2D eigenvalue weighted by Crippen LogP contribution is -2.49. The second-order valence-electron chi connectivity index (χ2n) is 4.19. The Morgan fingerprint density at radius 1 is 1.25 bits per heavy atom. The van der Waals surface area contributed by atoms with Crippen molar-refractivity contribution in [3.05, 3.63) is 0 Å². The molecular formula is C11H24N2O6S. The minimum atomic E-state index is -3.89. The molecule has 0 bridgehead atoms. The van der Waals surface area contributed by atoms with E-state index in [9.17, 15) is 13.2 Å². The van der Waals surface area contributed by atoms with Gasteiger partial charge in [-0.05, 0) is 6.42 Å². The number of nitrogens with zero attached hydrogens (tertiary/aromatic N) is 1. The fourth-order valence-corrected chi connectivity index (χ4v) is 2.87. The van der Waals surface area contributed by atoms with E-state index < -0.39 is 22.2 Å². The number of aliphatic carboxylic acids is 1. The average Bonchev–Trinajstić information content (AvgIpc) is 2.37. The van der Waals surface area contributed by atoms with Crippen molar-refractivity contribution in [3.8, 4) is 0 Å². The van der Waals surface area contributed by atoms with Crippen molar-refractivity contribution in [3.63, 3.8) is 0 Å². The maximum absolute atomic E-state index is 12.2. The highest BCUT2D eigenvalue weighted by Gasteiger charge is 2.28. The number of ether oxygens (including phenoxy) is 2. The molecule has 1 unspecified atom stereocenters. The van der Waals surface area contributed by atoms with Gasteiger partial charge in [-0.3, -0.25) is 4.79 Å². The van der Waals surface area contributed by atoms with Crippen LogP contribution in [0.25, 0.3) is 0 Å². The van der Waals surface area contributed by atoms with Crippen LogP contribution in [0, 0.1) is 0 Å². The van der Waals surface area contributed by atoms with Gasteiger partial charge in [-0.2, -0.15) is 17.4 Å². The Morgan fingerprint density at radius 2 is 1.75 bits per heavy atom. The third-order valence-corrected chi connectivity index (χ3v) is 4.22. The molecule has 0 aromatic rings. The van der Waals surface area contributed by atoms with Crippen LogP contribution in [-0.2, 0) is 24.5 Å². The van der Waals surface area contributed by atoms with Crippen LogP contribution in [0.1, 0.15) is 19.8 Å². The molecule has 0 spiro atoms. The fraction of sp³-hybridized carbons (Fsp3) is 0.909. The highest BCUT2D eigenvalue weighted by Crippen LogP contribution is 2.04. The Hall–Kier alpha value is -0.740. The molecule has 8 nitrogen and oxygen atoms in total. The van der Waals surface area contributed by atoms with Crippen LogP contribution in [0.3, 0.4) is 0 Å². The Labute approximate surface area is 120 Å². The van der Waals surface area contributed by atoms with Crippen LogP contribution in [0.15, 0.2) is 0 Å². The first kappa shape index (κ1) is 19.3. The fourth-order valence-electron chi connectivity index (χ4n) is 1.51. The van der Waals surface area contributed by atoms with E-state index in [0.717, 1.165) is 4.31 Å². The lowest BCUT2D eigenvalue weighted by Gasteiger charge is -2.24. The summed E-state index contributed by atoms with van der Waals surface area (Å²) in [6.45, 7) is 2.49. The Morgan fingerprint density at radius 3 is 2.10 bits per heavy atom. The number of carbonyl (C=O) groups is 1. The molecule has 120 valence electrons. The van der Waals surface area contributed by atoms with Gasteiger partial charge in [-0.1, -0.05) is 13.3 Å². The topological polar surface area (TPSA) is 105 Å². The summed E-state index contributed by atoms with van der Waals surface area (Å²) in [5.74, 6) is -1.19. The predicted molar refractivity (Wildman–Crippen MR) is 73.7 cm³/mol. The van der Waals surface area contributed by atoms with E-state index >= 15 is 0 Å².